The number of benzene rings is 4. The van der Waals surface area contributed by atoms with Crippen LogP contribution in [0.25, 0.3) is 65.6 Å². The molecule has 0 radical (unpaired) electrons. The molecule has 1 aliphatic heterocycles. The van der Waals surface area contributed by atoms with Gasteiger partial charge in [-0.25, -0.2) is 72.1 Å². The van der Waals surface area contributed by atoms with E-state index in [4.69, 9.17) is 77.2 Å². The largest absolute Gasteiger partial charge is 0.490 e. The second-order valence-electron chi connectivity index (χ2n) is 38.0. The van der Waals surface area contributed by atoms with Crippen LogP contribution in [0.3, 0.4) is 0 Å². The summed E-state index contributed by atoms with van der Waals surface area (Å²) in [5, 5.41) is 40.9. The molecule has 136 heavy (non-hydrogen) atoms. The van der Waals surface area contributed by atoms with Crippen LogP contribution in [-0.2, 0) is 30.7 Å². The number of hydrogen-bond acceptors (Lipinski definition) is 19. The maximum Gasteiger partial charge on any atom is 0.416 e. The number of anilines is 1. The number of aromatic amines is 3. The van der Waals surface area contributed by atoms with E-state index in [2.05, 4.69) is 117 Å². The van der Waals surface area contributed by atoms with Gasteiger partial charge in [0.25, 0.3) is 17.1 Å². The zero-order valence-corrected chi connectivity index (χ0v) is 82.3. The van der Waals surface area contributed by atoms with E-state index in [0.717, 1.165) is 97.6 Å². The second kappa shape index (κ2) is 47.8. The van der Waals surface area contributed by atoms with E-state index in [1.165, 1.54) is 44.5 Å². The Labute approximate surface area is 800 Å². The number of nitrogens with zero attached hydrogens (tertiary/aromatic N) is 12. The third kappa shape index (κ3) is 23.5. The number of aryl methyl sites for hydroxylation is 4. The third-order valence-electron chi connectivity index (χ3n) is 27.3. The summed E-state index contributed by atoms with van der Waals surface area (Å²) in [5.41, 5.74) is 9.26. The van der Waals surface area contributed by atoms with E-state index in [-0.39, 0.29) is 107 Å². The molecule has 10 atom stereocenters. The monoisotopic (exact) mass is 1890 g/mol. The average Bonchev–Trinajstić information content (AvgIpc) is 1.59. The summed E-state index contributed by atoms with van der Waals surface area (Å²) >= 11 is -1.99. The average molecular weight is 1890 g/mol. The van der Waals surface area contributed by atoms with Gasteiger partial charge in [0.1, 0.15) is 18.3 Å². The predicted molar refractivity (Wildman–Crippen MR) is 525 cm³/mol. The van der Waals surface area contributed by atoms with Crippen molar-refractivity contribution in [2.24, 2.45) is 71.0 Å². The van der Waals surface area contributed by atoms with Crippen molar-refractivity contribution in [1.82, 2.24) is 58.5 Å². The van der Waals surface area contributed by atoms with Crippen LogP contribution in [0.2, 0.25) is 0 Å². The number of aromatic nitrogens is 9. The van der Waals surface area contributed by atoms with Crippen molar-refractivity contribution >= 4 is 69.2 Å². The molecule has 1 saturated heterocycles. The molecule has 730 valence electrons. The van der Waals surface area contributed by atoms with Gasteiger partial charge in [0.2, 0.25) is 17.6 Å². The van der Waals surface area contributed by atoms with Gasteiger partial charge in [0, 0.05) is 72.6 Å². The Morgan fingerprint density at radius 1 is 0.529 bits per heavy atom. The van der Waals surface area contributed by atoms with Gasteiger partial charge in [0.15, 0.2) is 45.9 Å². The molecule has 0 bridgehead atoms. The van der Waals surface area contributed by atoms with Gasteiger partial charge in [-0.15, -0.1) is 13.2 Å². The molecule has 3 aliphatic carbocycles. The number of carbonyl (C=O) groups excluding carboxylic acids is 3. The van der Waals surface area contributed by atoms with Crippen molar-refractivity contribution in [3.05, 3.63) is 183 Å². The lowest BCUT2D eigenvalue weighted by Crippen LogP contribution is -2.42. The van der Waals surface area contributed by atoms with Gasteiger partial charge in [-0.05, 0) is 191 Å². The summed E-state index contributed by atoms with van der Waals surface area (Å²) in [6, 6.07) is 26.8. The molecule has 33 heteroatoms. The molecule has 0 spiro atoms. The molecular formula is C103H136N16O16S. The summed E-state index contributed by atoms with van der Waals surface area (Å²) in [7, 11) is 0. The van der Waals surface area contributed by atoms with Crippen molar-refractivity contribution in [3.8, 4) is 63.3 Å². The summed E-state index contributed by atoms with van der Waals surface area (Å²) in [4.78, 5) is 86.4. The van der Waals surface area contributed by atoms with Gasteiger partial charge < -0.3 is 42.6 Å². The van der Waals surface area contributed by atoms with Gasteiger partial charge in [-0.1, -0.05) is 200 Å². The molecule has 10 aromatic rings. The highest BCUT2D eigenvalue weighted by Crippen LogP contribution is 2.56. The SMILES string of the molecule is [C-]#[N+]c1c(C(OO)C2C(C)CC(C)CC2C)c2nc(-c3ccc(C)c(NS(=O)Oc4cc(C)ccc4OCCCCCCCC)c3)[nH]n2c1OC(=O)N1CCOCC1.[C-]#[N+]c1c(C(OO)C2C(C)CC(C)CC2C)c2nc(-c3ccc(C)cc3)[nH]n2c1OC(=O)N(CC=C)CC=C.[C-]#[N+]c1c(C(OO)C2C(C)CC(C)CC2C)c2nc(-c3ccccc3C)[nH]n2c1OC(=O)N(CCC)CCC. The van der Waals surface area contributed by atoms with Gasteiger partial charge >= 0.3 is 29.5 Å². The Kier molecular flexibility index (Phi) is 36.2. The van der Waals surface area contributed by atoms with Crippen LogP contribution in [0.1, 0.15) is 230 Å². The smallest absolute Gasteiger partial charge is 0.416 e. The van der Waals surface area contributed by atoms with Crippen molar-refractivity contribution in [3.63, 3.8) is 0 Å². The lowest BCUT2D eigenvalue weighted by molar-refractivity contribution is -0.302. The number of fused-ring (bicyclic) bond motifs is 3. The highest BCUT2D eigenvalue weighted by molar-refractivity contribution is 7.82. The minimum atomic E-state index is -1.99. The number of amides is 3. The van der Waals surface area contributed by atoms with E-state index < -0.39 is 47.9 Å². The molecule has 10 unspecified atom stereocenters. The van der Waals surface area contributed by atoms with Crippen LogP contribution in [0.4, 0.5) is 37.1 Å². The lowest BCUT2D eigenvalue weighted by atomic mass is 9.66. The van der Waals surface area contributed by atoms with Crippen LogP contribution in [0.5, 0.6) is 29.1 Å². The zero-order chi connectivity index (χ0) is 97.9. The zero-order valence-electron chi connectivity index (χ0n) is 81.5. The molecule has 7 N–H and O–H groups in total. The Balaban J connectivity index is 0.000000189. The summed E-state index contributed by atoms with van der Waals surface area (Å²) in [6.45, 7) is 69.1. The Morgan fingerprint density at radius 2 is 0.956 bits per heavy atom. The van der Waals surface area contributed by atoms with Crippen molar-refractivity contribution < 1.29 is 76.9 Å². The van der Waals surface area contributed by atoms with Crippen LogP contribution >= 0.6 is 0 Å². The fraction of sp³-hybridized carbons (Fsp3) is 0.524. The molecular weight excluding hydrogens is 1750 g/mol. The van der Waals surface area contributed by atoms with Crippen LogP contribution < -0.4 is 27.9 Å². The van der Waals surface area contributed by atoms with Gasteiger partial charge in [0.05, 0.1) is 45.2 Å². The molecule has 3 amide bonds. The van der Waals surface area contributed by atoms with Gasteiger partial charge in [-0.2, -0.15) is 4.21 Å². The first kappa shape index (κ1) is 103. The first-order chi connectivity index (χ1) is 65.5. The first-order valence-corrected chi connectivity index (χ1v) is 49.1. The fourth-order valence-electron chi connectivity index (χ4n) is 21.3. The molecule has 4 aromatic carbocycles. The van der Waals surface area contributed by atoms with E-state index in [9.17, 15) is 34.4 Å². The fourth-order valence-corrected chi connectivity index (χ4v) is 22.0. The summed E-state index contributed by atoms with van der Waals surface area (Å²) in [5.74, 6) is 5.06. The Morgan fingerprint density at radius 3 is 1.41 bits per heavy atom. The maximum atomic E-state index is 13.5. The second-order valence-corrected chi connectivity index (χ2v) is 38.8. The van der Waals surface area contributed by atoms with Crippen molar-refractivity contribution in [1.29, 1.82) is 0 Å². The highest BCUT2D eigenvalue weighted by atomic mass is 32.2. The standard InChI is InChI=1S/C43H58N6O8S.C30H37N5O4.C30H41N5O4/c1-8-9-10-11-12-13-20-54-34-17-14-27(2)25-35(34)57-58(52)47-33-26-32(16-15-29(33)4)40-45-41-37(39(56-51)36-30(5)23-28(3)24-31(36)6)38(44-7)42(49(41)46-40)55-43(50)48-18-21-53-22-19-48;1-8-14-34(15-9-2)30(36)38-29-25(31-7)24(26(39-37)23-20(5)16-19(4)17-21(23)6)28-32-27(33-35(28)29)22-12-10-18(3)11-13-22;1-8-14-34(15-9-2)30(36)38-29-25(31-7)24(26(39-37)23-20(5)16-18(3)17-21(23)6)28-32-27(33-35(28)29)22-13-11-10-12-19(22)4/h14-17,25-26,28,30-31,36,39,47,51H,8-13,18-24H2,1-6H3,(H,45,46);8-13,19-21,23,26,37H,1-2,14-17H2,3-6H3,(H,32,33);10-13,18,20-21,23,26,37H,8-9,14-17H2,1-6H3,(H,32,33). The quantitative estimate of drug-likeness (QED) is 0.00638. The van der Waals surface area contributed by atoms with Gasteiger partial charge in [-0.3, -0.25) is 35.8 Å². The lowest BCUT2D eigenvalue weighted by Gasteiger charge is -2.41. The van der Waals surface area contributed by atoms with Crippen molar-refractivity contribution in [2.45, 2.75) is 219 Å². The Hall–Kier alpha value is -11.8. The van der Waals surface area contributed by atoms with Crippen LogP contribution in [-0.4, -0.2) is 156 Å². The van der Waals surface area contributed by atoms with E-state index >= 15 is 0 Å². The van der Waals surface area contributed by atoms with E-state index in [0.29, 0.717) is 132 Å². The minimum Gasteiger partial charge on any atom is -0.490 e. The van der Waals surface area contributed by atoms with E-state index in [1.54, 1.807) is 27.6 Å². The number of H-pyrrole nitrogens is 3. The summed E-state index contributed by atoms with van der Waals surface area (Å²) in [6.07, 6.45) is 13.1. The van der Waals surface area contributed by atoms with Crippen LogP contribution in [0.15, 0.2) is 110 Å². The number of unbranched alkanes of at least 4 members (excludes halogenated alkanes) is 5. The molecule has 4 aliphatic rings. The number of nitrogens with one attached hydrogen (secondary N) is 4. The number of hydrogen-bond donors (Lipinski definition) is 7. The van der Waals surface area contributed by atoms with E-state index in [1.807, 2.05) is 120 Å². The normalized spacial score (nSPS) is 21.4. The third-order valence-corrected chi connectivity index (χ3v) is 28.0. The number of morpholine rings is 1. The van der Waals surface area contributed by atoms with Crippen LogP contribution in [0, 0.1) is 118 Å². The number of rotatable bonds is 35. The number of ether oxygens (including phenoxy) is 5. The van der Waals surface area contributed by atoms with Crippen molar-refractivity contribution in [2.75, 3.05) is 63.8 Å². The molecule has 6 aromatic heterocycles. The first-order valence-electron chi connectivity index (χ1n) is 48.0. The minimum absolute atomic E-state index is 0.00415. The topological polar surface area (TPSA) is 346 Å². The maximum absolute atomic E-state index is 13.5. The predicted octanol–water partition coefficient (Wildman–Crippen LogP) is 24.9. The molecule has 3 saturated carbocycles. The molecule has 14 rings (SSSR count). The molecule has 4 fully saturated rings. The molecule has 32 nitrogen and oxygen atoms in total. The highest BCUT2D eigenvalue weighted by Gasteiger charge is 2.47. The Bertz CT molecular complexity index is 5870. The number of carbonyl (C=O) groups is 3. The molecule has 7 heterocycles. The summed E-state index contributed by atoms with van der Waals surface area (Å²) < 4.78 is 56.2.